The number of carbonyl (C=O) groups excluding carboxylic acids is 2. The monoisotopic (exact) mass is 453 g/mol. The Morgan fingerprint density at radius 1 is 1.00 bits per heavy atom. The number of amides is 2. The van der Waals surface area contributed by atoms with Gasteiger partial charge in [-0.25, -0.2) is 4.98 Å². The van der Waals surface area contributed by atoms with Gasteiger partial charge in [-0.3, -0.25) is 25.1 Å². The predicted molar refractivity (Wildman–Crippen MR) is 115 cm³/mol. The van der Waals surface area contributed by atoms with E-state index in [2.05, 4.69) is 20.9 Å². The molecular weight excluding hydrogens is 435 g/mol. The maximum Gasteiger partial charge on any atom is 0.435 e. The molecule has 0 saturated heterocycles. The van der Waals surface area contributed by atoms with E-state index in [0.29, 0.717) is 16.6 Å². The highest BCUT2D eigenvalue weighted by atomic mass is 19.4. The first-order valence-corrected chi connectivity index (χ1v) is 9.87. The molecule has 0 fully saturated rings. The van der Waals surface area contributed by atoms with Gasteiger partial charge in [0.1, 0.15) is 6.54 Å². The molecule has 4 aromatic rings. The molecular formula is C23H18F3N5O2. The van der Waals surface area contributed by atoms with Crippen molar-refractivity contribution in [3.8, 4) is 11.3 Å². The Kier molecular flexibility index (Phi) is 5.82. The summed E-state index contributed by atoms with van der Waals surface area (Å²) in [6.45, 7) is 1.47. The molecule has 168 valence electrons. The minimum atomic E-state index is -4.60. The fourth-order valence-corrected chi connectivity index (χ4v) is 3.22. The van der Waals surface area contributed by atoms with E-state index in [9.17, 15) is 22.8 Å². The van der Waals surface area contributed by atoms with Gasteiger partial charge in [0.25, 0.3) is 11.8 Å². The van der Waals surface area contributed by atoms with E-state index < -0.39 is 30.2 Å². The number of rotatable bonds is 4. The van der Waals surface area contributed by atoms with E-state index in [1.165, 1.54) is 0 Å². The number of pyridine rings is 1. The fraction of sp³-hybridized carbons (Fsp3) is 0.130. The molecule has 0 aliphatic heterocycles. The number of para-hydroxylation sites is 1. The summed E-state index contributed by atoms with van der Waals surface area (Å²) >= 11 is 0. The highest BCUT2D eigenvalue weighted by molar-refractivity contribution is 6.07. The molecule has 2 aromatic carbocycles. The number of nitrogens with zero attached hydrogens (tertiary/aromatic N) is 3. The van der Waals surface area contributed by atoms with Crippen LogP contribution in [0.15, 0.2) is 66.9 Å². The summed E-state index contributed by atoms with van der Waals surface area (Å²) in [7, 11) is 0. The van der Waals surface area contributed by atoms with Crippen molar-refractivity contribution in [2.75, 3.05) is 0 Å². The number of carbonyl (C=O) groups is 2. The van der Waals surface area contributed by atoms with Crippen molar-refractivity contribution in [1.82, 2.24) is 25.6 Å². The third-order valence-corrected chi connectivity index (χ3v) is 4.86. The molecule has 0 atom stereocenters. The number of aryl methyl sites for hydroxylation is 1. The van der Waals surface area contributed by atoms with Gasteiger partial charge in [0.15, 0.2) is 5.69 Å². The topological polar surface area (TPSA) is 88.9 Å². The SMILES string of the molecule is Cc1ccc(-c2cc(C(=O)NNC(=O)Cn3ccc(C(F)(F)F)n3)c3ccccc3n2)cc1. The third kappa shape index (κ3) is 5.00. The fourth-order valence-electron chi connectivity index (χ4n) is 3.22. The van der Waals surface area contributed by atoms with Crippen LogP contribution in [0.3, 0.4) is 0 Å². The summed E-state index contributed by atoms with van der Waals surface area (Å²) in [4.78, 5) is 29.6. The lowest BCUT2D eigenvalue weighted by molar-refractivity contribution is -0.141. The van der Waals surface area contributed by atoms with Crippen LogP contribution in [0.4, 0.5) is 13.2 Å². The number of hydrogen-bond acceptors (Lipinski definition) is 4. The highest BCUT2D eigenvalue weighted by Gasteiger charge is 2.33. The molecule has 4 rings (SSSR count). The minimum Gasteiger partial charge on any atom is -0.271 e. The number of halogens is 3. The quantitative estimate of drug-likeness (QED) is 0.459. The average Bonchev–Trinajstić information content (AvgIpc) is 3.26. The lowest BCUT2D eigenvalue weighted by Gasteiger charge is -2.12. The molecule has 33 heavy (non-hydrogen) atoms. The Labute approximate surface area is 186 Å². The van der Waals surface area contributed by atoms with E-state index in [1.54, 1.807) is 30.3 Å². The van der Waals surface area contributed by atoms with Gasteiger partial charge in [0.2, 0.25) is 0 Å². The Hall–Kier alpha value is -4.21. The highest BCUT2D eigenvalue weighted by Crippen LogP contribution is 2.27. The zero-order chi connectivity index (χ0) is 23.6. The van der Waals surface area contributed by atoms with E-state index in [4.69, 9.17) is 0 Å². The maximum atomic E-state index is 12.9. The lowest BCUT2D eigenvalue weighted by atomic mass is 10.0. The first kappa shape index (κ1) is 22.0. The van der Waals surface area contributed by atoms with Crippen LogP contribution < -0.4 is 10.9 Å². The number of alkyl halides is 3. The molecule has 0 saturated carbocycles. The van der Waals surface area contributed by atoms with E-state index >= 15 is 0 Å². The zero-order valence-corrected chi connectivity index (χ0v) is 17.3. The first-order valence-electron chi connectivity index (χ1n) is 9.87. The van der Waals surface area contributed by atoms with Crippen molar-refractivity contribution >= 4 is 22.7 Å². The van der Waals surface area contributed by atoms with Crippen LogP contribution in [0.25, 0.3) is 22.2 Å². The third-order valence-electron chi connectivity index (χ3n) is 4.86. The second-order valence-corrected chi connectivity index (χ2v) is 7.34. The first-order chi connectivity index (χ1) is 15.7. The predicted octanol–water partition coefficient (Wildman–Crippen LogP) is 3.89. The van der Waals surface area contributed by atoms with Crippen LogP contribution in [0.1, 0.15) is 21.6 Å². The van der Waals surface area contributed by atoms with Gasteiger partial charge >= 0.3 is 6.18 Å². The van der Waals surface area contributed by atoms with Crippen LogP contribution in [0.2, 0.25) is 0 Å². The number of fused-ring (bicyclic) bond motifs is 1. The van der Waals surface area contributed by atoms with E-state index in [1.807, 2.05) is 31.2 Å². The Bertz CT molecular complexity index is 1330. The van der Waals surface area contributed by atoms with Crippen LogP contribution >= 0.6 is 0 Å². The Balaban J connectivity index is 1.52. The van der Waals surface area contributed by atoms with Crippen molar-refractivity contribution in [3.05, 3.63) is 83.7 Å². The maximum absolute atomic E-state index is 12.9. The average molecular weight is 453 g/mol. The van der Waals surface area contributed by atoms with Crippen LogP contribution in [-0.2, 0) is 17.5 Å². The van der Waals surface area contributed by atoms with Gasteiger partial charge in [0.05, 0.1) is 16.8 Å². The van der Waals surface area contributed by atoms with Crippen molar-refractivity contribution in [3.63, 3.8) is 0 Å². The molecule has 0 aliphatic rings. The lowest BCUT2D eigenvalue weighted by Crippen LogP contribution is -2.43. The Morgan fingerprint density at radius 2 is 1.73 bits per heavy atom. The van der Waals surface area contributed by atoms with Crippen molar-refractivity contribution in [2.24, 2.45) is 0 Å². The summed E-state index contributed by atoms with van der Waals surface area (Å²) in [5.41, 5.74) is 6.79. The molecule has 0 radical (unpaired) electrons. The molecule has 0 spiro atoms. The number of benzene rings is 2. The van der Waals surface area contributed by atoms with Gasteiger partial charge in [-0.15, -0.1) is 0 Å². The molecule has 2 aromatic heterocycles. The van der Waals surface area contributed by atoms with Gasteiger partial charge in [-0.2, -0.15) is 18.3 Å². The normalized spacial score (nSPS) is 11.4. The second-order valence-electron chi connectivity index (χ2n) is 7.34. The molecule has 0 unspecified atom stereocenters. The van der Waals surface area contributed by atoms with Crippen molar-refractivity contribution in [1.29, 1.82) is 0 Å². The Morgan fingerprint density at radius 3 is 2.42 bits per heavy atom. The van der Waals surface area contributed by atoms with Crippen LogP contribution in [0, 0.1) is 6.92 Å². The van der Waals surface area contributed by atoms with Crippen LogP contribution in [0.5, 0.6) is 0 Å². The van der Waals surface area contributed by atoms with E-state index in [-0.39, 0.29) is 5.56 Å². The van der Waals surface area contributed by atoms with Gasteiger partial charge in [-0.1, -0.05) is 48.0 Å². The summed E-state index contributed by atoms with van der Waals surface area (Å²) < 4.78 is 38.8. The number of nitrogens with one attached hydrogen (secondary N) is 2. The number of aromatic nitrogens is 3. The van der Waals surface area contributed by atoms with Gasteiger partial charge in [-0.05, 0) is 25.1 Å². The minimum absolute atomic E-state index is 0.287. The molecule has 2 heterocycles. The molecule has 7 nitrogen and oxygen atoms in total. The van der Waals surface area contributed by atoms with Gasteiger partial charge in [0, 0.05) is 17.1 Å². The van der Waals surface area contributed by atoms with Crippen LogP contribution in [-0.4, -0.2) is 26.6 Å². The number of hydrogen-bond donors (Lipinski definition) is 2. The molecule has 2 N–H and O–H groups in total. The smallest absolute Gasteiger partial charge is 0.271 e. The molecule has 2 amide bonds. The summed E-state index contributed by atoms with van der Waals surface area (Å²) in [5.74, 6) is -1.33. The van der Waals surface area contributed by atoms with Crippen molar-refractivity contribution in [2.45, 2.75) is 19.6 Å². The summed E-state index contributed by atoms with van der Waals surface area (Å²) in [6, 6.07) is 17.1. The molecule has 0 aliphatic carbocycles. The molecule has 0 bridgehead atoms. The number of hydrazine groups is 1. The largest absolute Gasteiger partial charge is 0.435 e. The zero-order valence-electron chi connectivity index (χ0n) is 17.3. The van der Waals surface area contributed by atoms with Gasteiger partial charge < -0.3 is 0 Å². The standard InChI is InChI=1S/C23H18F3N5O2/c1-14-6-8-15(9-7-14)19-12-17(16-4-2-3-5-18(16)27-19)22(33)29-28-21(32)13-31-11-10-20(30-31)23(24,25)26/h2-12H,13H2,1H3,(H,28,32)(H,29,33). The molecule has 10 heteroatoms. The summed E-state index contributed by atoms with van der Waals surface area (Å²) in [5, 5.41) is 3.89. The second kappa shape index (κ2) is 8.73. The summed E-state index contributed by atoms with van der Waals surface area (Å²) in [6.07, 6.45) is -3.57. The van der Waals surface area contributed by atoms with Crippen molar-refractivity contribution < 1.29 is 22.8 Å². The van der Waals surface area contributed by atoms with E-state index in [0.717, 1.165) is 28.1 Å².